The molecule has 3 heteroatoms. The molecule has 3 nitrogen and oxygen atoms in total. The van der Waals surface area contributed by atoms with E-state index in [1.54, 1.807) is 0 Å². The monoisotopic (exact) mass is 263 g/mol. The van der Waals surface area contributed by atoms with Gasteiger partial charge in [-0.15, -0.1) is 5.10 Å². The predicted molar refractivity (Wildman–Crippen MR) is 82.8 cm³/mol. The zero-order chi connectivity index (χ0) is 13.9. The van der Waals surface area contributed by atoms with E-state index in [2.05, 4.69) is 58.8 Å². The van der Waals surface area contributed by atoms with E-state index in [0.717, 1.165) is 28.8 Å². The normalized spacial score (nSPS) is 10.7. The summed E-state index contributed by atoms with van der Waals surface area (Å²) in [4.78, 5) is 0. The molecule has 0 amide bonds. The van der Waals surface area contributed by atoms with E-state index >= 15 is 0 Å². The fourth-order valence-electron chi connectivity index (χ4n) is 2.36. The fourth-order valence-corrected chi connectivity index (χ4v) is 2.36. The topological polar surface area (TPSA) is 37.8 Å². The average molecular weight is 263 g/mol. The van der Waals surface area contributed by atoms with Gasteiger partial charge in [0.25, 0.3) is 0 Å². The van der Waals surface area contributed by atoms with Crippen LogP contribution in [0.4, 0.5) is 5.82 Å². The fraction of sp³-hybridized carbons (Fsp3) is 0.176. The number of aryl methyl sites for hydroxylation is 2. The molecule has 0 aliphatic heterocycles. The molecule has 1 N–H and O–H groups in total. The van der Waals surface area contributed by atoms with Gasteiger partial charge in [0.15, 0.2) is 5.82 Å². The van der Waals surface area contributed by atoms with Crippen molar-refractivity contribution >= 4 is 16.6 Å². The second-order valence-electron chi connectivity index (χ2n) is 4.96. The highest BCUT2D eigenvalue weighted by molar-refractivity contribution is 5.92. The molecule has 1 heterocycles. The van der Waals surface area contributed by atoms with Crippen molar-refractivity contribution in [3.8, 4) is 0 Å². The third-order valence-corrected chi connectivity index (χ3v) is 3.58. The molecule has 2 aromatic carbocycles. The van der Waals surface area contributed by atoms with Crippen LogP contribution < -0.4 is 5.32 Å². The van der Waals surface area contributed by atoms with Crippen molar-refractivity contribution in [3.63, 3.8) is 0 Å². The van der Waals surface area contributed by atoms with Crippen LogP contribution in [0.1, 0.15) is 16.8 Å². The van der Waals surface area contributed by atoms with E-state index in [-0.39, 0.29) is 0 Å². The lowest BCUT2D eigenvalue weighted by Gasteiger charge is -2.10. The number of hydrogen-bond donors (Lipinski definition) is 1. The second-order valence-corrected chi connectivity index (χ2v) is 4.96. The number of benzene rings is 2. The maximum atomic E-state index is 4.29. The molecule has 0 fully saturated rings. The minimum absolute atomic E-state index is 0.758. The minimum Gasteiger partial charge on any atom is -0.364 e. The van der Waals surface area contributed by atoms with E-state index in [4.69, 9.17) is 0 Å². The summed E-state index contributed by atoms with van der Waals surface area (Å²) in [6.07, 6.45) is 0. The van der Waals surface area contributed by atoms with Gasteiger partial charge in [0, 0.05) is 17.3 Å². The summed E-state index contributed by atoms with van der Waals surface area (Å²) >= 11 is 0. The SMILES string of the molecule is Cc1ccccc1CNc1nnc(C)c2ccccc12. The van der Waals surface area contributed by atoms with Gasteiger partial charge in [-0.25, -0.2) is 0 Å². The molecule has 0 saturated heterocycles. The molecule has 3 rings (SSSR count). The second kappa shape index (κ2) is 5.29. The smallest absolute Gasteiger partial charge is 0.156 e. The van der Waals surface area contributed by atoms with Gasteiger partial charge in [-0.3, -0.25) is 0 Å². The van der Waals surface area contributed by atoms with E-state index in [9.17, 15) is 0 Å². The molecule has 20 heavy (non-hydrogen) atoms. The molecular weight excluding hydrogens is 246 g/mol. The lowest BCUT2D eigenvalue weighted by atomic mass is 10.1. The quantitative estimate of drug-likeness (QED) is 0.779. The molecule has 0 bridgehead atoms. The van der Waals surface area contributed by atoms with E-state index in [0.29, 0.717) is 0 Å². The summed E-state index contributed by atoms with van der Waals surface area (Å²) < 4.78 is 0. The van der Waals surface area contributed by atoms with Gasteiger partial charge in [0.1, 0.15) is 0 Å². The third kappa shape index (κ3) is 2.35. The highest BCUT2D eigenvalue weighted by Crippen LogP contribution is 2.22. The third-order valence-electron chi connectivity index (χ3n) is 3.58. The van der Waals surface area contributed by atoms with E-state index in [1.807, 2.05) is 19.1 Å². The van der Waals surface area contributed by atoms with Crippen LogP contribution in [0.15, 0.2) is 48.5 Å². The van der Waals surface area contributed by atoms with E-state index < -0.39 is 0 Å². The summed E-state index contributed by atoms with van der Waals surface area (Å²) in [6.45, 7) is 4.87. The first-order valence-electron chi connectivity index (χ1n) is 6.76. The predicted octanol–water partition coefficient (Wildman–Crippen LogP) is 3.86. The van der Waals surface area contributed by atoms with E-state index in [1.165, 1.54) is 11.1 Å². The van der Waals surface area contributed by atoms with Crippen molar-refractivity contribution in [1.82, 2.24) is 10.2 Å². The number of fused-ring (bicyclic) bond motifs is 1. The summed E-state index contributed by atoms with van der Waals surface area (Å²) in [6, 6.07) is 16.6. The van der Waals surface area contributed by atoms with Crippen LogP contribution in [0.2, 0.25) is 0 Å². The van der Waals surface area contributed by atoms with Crippen molar-refractivity contribution in [2.45, 2.75) is 20.4 Å². The van der Waals surface area contributed by atoms with Crippen LogP contribution in [-0.4, -0.2) is 10.2 Å². The van der Waals surface area contributed by atoms with Gasteiger partial charge < -0.3 is 5.32 Å². The molecule has 0 unspecified atom stereocenters. The van der Waals surface area contributed by atoms with Crippen LogP contribution in [0.3, 0.4) is 0 Å². The molecule has 100 valence electrons. The molecule has 0 spiro atoms. The first-order valence-corrected chi connectivity index (χ1v) is 6.76. The molecule has 0 aliphatic rings. The number of hydrogen-bond acceptors (Lipinski definition) is 3. The Morgan fingerprint density at radius 2 is 1.55 bits per heavy atom. The Hall–Kier alpha value is -2.42. The highest BCUT2D eigenvalue weighted by atomic mass is 15.2. The van der Waals surface area contributed by atoms with Crippen molar-refractivity contribution in [1.29, 1.82) is 0 Å². The standard InChI is InChI=1S/C17H17N3/c1-12-7-3-4-8-14(12)11-18-17-16-10-6-5-9-15(16)13(2)19-20-17/h3-10H,11H2,1-2H3,(H,18,20). The first kappa shape index (κ1) is 12.6. The summed E-state index contributed by atoms with van der Waals surface area (Å²) in [5, 5.41) is 14.2. The van der Waals surface area contributed by atoms with Crippen molar-refractivity contribution in [2.75, 3.05) is 5.32 Å². The molecule has 0 atom stereocenters. The van der Waals surface area contributed by atoms with Crippen molar-refractivity contribution in [2.24, 2.45) is 0 Å². The summed E-state index contributed by atoms with van der Waals surface area (Å²) in [5.41, 5.74) is 3.52. The Labute approximate surface area is 118 Å². The van der Waals surface area contributed by atoms with Crippen molar-refractivity contribution in [3.05, 3.63) is 65.4 Å². The molecule has 0 aliphatic carbocycles. The number of nitrogens with one attached hydrogen (secondary N) is 1. The molecule has 1 aromatic heterocycles. The van der Waals surface area contributed by atoms with Crippen LogP contribution in [0.5, 0.6) is 0 Å². The lowest BCUT2D eigenvalue weighted by molar-refractivity contribution is 0.980. The lowest BCUT2D eigenvalue weighted by Crippen LogP contribution is -2.05. The van der Waals surface area contributed by atoms with Gasteiger partial charge in [-0.1, -0.05) is 48.5 Å². The van der Waals surface area contributed by atoms with Crippen LogP contribution in [-0.2, 0) is 6.54 Å². The number of nitrogens with zero attached hydrogens (tertiary/aromatic N) is 2. The van der Waals surface area contributed by atoms with Gasteiger partial charge in [-0.05, 0) is 25.0 Å². The maximum absolute atomic E-state index is 4.29. The average Bonchev–Trinajstić information content (AvgIpc) is 2.48. The van der Waals surface area contributed by atoms with Crippen LogP contribution >= 0.6 is 0 Å². The number of anilines is 1. The van der Waals surface area contributed by atoms with Gasteiger partial charge >= 0.3 is 0 Å². The highest BCUT2D eigenvalue weighted by Gasteiger charge is 2.06. The van der Waals surface area contributed by atoms with Gasteiger partial charge in [0.2, 0.25) is 0 Å². The van der Waals surface area contributed by atoms with Gasteiger partial charge in [0.05, 0.1) is 5.69 Å². The maximum Gasteiger partial charge on any atom is 0.156 e. The molecule has 3 aromatic rings. The zero-order valence-electron chi connectivity index (χ0n) is 11.7. The van der Waals surface area contributed by atoms with Crippen LogP contribution in [0, 0.1) is 13.8 Å². The largest absolute Gasteiger partial charge is 0.364 e. The summed E-state index contributed by atoms with van der Waals surface area (Å²) in [7, 11) is 0. The first-order chi connectivity index (χ1) is 9.75. The van der Waals surface area contributed by atoms with Gasteiger partial charge in [-0.2, -0.15) is 5.10 Å². The zero-order valence-corrected chi connectivity index (χ0v) is 11.7. The Morgan fingerprint density at radius 3 is 2.35 bits per heavy atom. The molecule has 0 saturated carbocycles. The number of rotatable bonds is 3. The Bertz CT molecular complexity index is 750. The molecular formula is C17H17N3. The molecule has 0 radical (unpaired) electrons. The van der Waals surface area contributed by atoms with Crippen molar-refractivity contribution < 1.29 is 0 Å². The Balaban J connectivity index is 1.92. The summed E-state index contributed by atoms with van der Waals surface area (Å²) in [5.74, 6) is 0.842. The Kier molecular flexibility index (Phi) is 3.33. The Morgan fingerprint density at radius 1 is 0.850 bits per heavy atom. The minimum atomic E-state index is 0.758. The number of aromatic nitrogens is 2. The van der Waals surface area contributed by atoms with Crippen LogP contribution in [0.25, 0.3) is 10.8 Å².